The number of aromatic nitrogens is 1. The number of nitrogens with two attached hydrogens (primary N) is 1. The number of hydrogen-bond acceptors (Lipinski definition) is 5. The summed E-state index contributed by atoms with van der Waals surface area (Å²) >= 11 is 6.27. The molecular weight excluding hydrogens is 324 g/mol. The lowest BCUT2D eigenvalue weighted by atomic mass is 10.1. The van der Waals surface area contributed by atoms with Crippen LogP contribution in [0, 0.1) is 0 Å². The molecular formula is C18H21ClN4O. The van der Waals surface area contributed by atoms with E-state index in [0.717, 1.165) is 23.4 Å². The molecule has 3 N–H and O–H groups in total. The van der Waals surface area contributed by atoms with Gasteiger partial charge in [-0.15, -0.1) is 0 Å². The maximum absolute atomic E-state index is 6.27. The predicted molar refractivity (Wildman–Crippen MR) is 101 cm³/mol. The van der Waals surface area contributed by atoms with Crippen LogP contribution >= 0.6 is 11.6 Å². The highest BCUT2D eigenvalue weighted by molar-refractivity contribution is 6.33. The first kappa shape index (κ1) is 17.8. The average molecular weight is 345 g/mol. The van der Waals surface area contributed by atoms with Crippen LogP contribution in [0.1, 0.15) is 38.4 Å². The number of benzene rings is 1. The molecule has 0 bridgehead atoms. The molecule has 0 aliphatic heterocycles. The fourth-order valence-electron chi connectivity index (χ4n) is 2.13. The van der Waals surface area contributed by atoms with Gasteiger partial charge in [-0.25, -0.2) is 0 Å². The molecule has 1 aromatic carbocycles. The van der Waals surface area contributed by atoms with E-state index >= 15 is 0 Å². The fourth-order valence-corrected chi connectivity index (χ4v) is 2.29. The minimum Gasteiger partial charge on any atom is -0.432 e. The molecule has 0 radical (unpaired) electrons. The zero-order chi connectivity index (χ0) is 17.7. The molecule has 1 aromatic heterocycles. The normalized spacial score (nSPS) is 12.3. The number of anilines is 2. The van der Waals surface area contributed by atoms with Gasteiger partial charge in [-0.05, 0) is 38.0 Å². The second-order valence-corrected chi connectivity index (χ2v) is 5.61. The number of rotatable bonds is 6. The second kappa shape index (κ2) is 7.84. The Morgan fingerprint density at radius 3 is 2.83 bits per heavy atom. The molecule has 0 saturated heterocycles. The third kappa shape index (κ3) is 4.26. The van der Waals surface area contributed by atoms with Gasteiger partial charge in [0.2, 0.25) is 0 Å². The smallest absolute Gasteiger partial charge is 0.292 e. The monoisotopic (exact) mass is 344 g/mol. The molecule has 0 amide bonds. The van der Waals surface area contributed by atoms with E-state index in [1.807, 2.05) is 38.1 Å². The molecule has 126 valence electrons. The van der Waals surface area contributed by atoms with E-state index in [-0.39, 0.29) is 6.01 Å². The molecule has 1 heterocycles. The SMILES string of the molecule is C=C(Nc1cc(/C(C)=N/C(=C\C)CC)ccc1Cl)c1coc(N)n1. The minimum absolute atomic E-state index is 0.0919. The molecule has 0 unspecified atom stereocenters. The molecule has 0 saturated carbocycles. The number of nitrogens with one attached hydrogen (secondary N) is 1. The van der Waals surface area contributed by atoms with Crippen molar-refractivity contribution in [3.63, 3.8) is 0 Å². The summed E-state index contributed by atoms with van der Waals surface area (Å²) in [5.41, 5.74) is 10.2. The summed E-state index contributed by atoms with van der Waals surface area (Å²) in [5, 5.41) is 3.72. The molecule has 2 aromatic rings. The Hall–Kier alpha value is -2.53. The van der Waals surface area contributed by atoms with Crippen molar-refractivity contribution >= 4 is 34.7 Å². The molecule has 0 atom stereocenters. The van der Waals surface area contributed by atoms with Crippen molar-refractivity contribution in [2.24, 2.45) is 4.99 Å². The Kier molecular flexibility index (Phi) is 5.82. The van der Waals surface area contributed by atoms with Gasteiger partial charge in [0, 0.05) is 11.4 Å². The maximum Gasteiger partial charge on any atom is 0.292 e. The standard InChI is InChI=1S/C18H21ClN4O/c1-5-14(6-2)21-11(3)13-7-8-15(19)16(9-13)22-12(4)17-10-24-18(20)23-17/h5,7-10,22H,4,6H2,1-3H3,(H2,20,23)/b14-5-,21-11+. The summed E-state index contributed by atoms with van der Waals surface area (Å²) < 4.78 is 4.99. The molecule has 24 heavy (non-hydrogen) atoms. The van der Waals surface area contributed by atoms with Crippen LogP contribution < -0.4 is 11.1 Å². The zero-order valence-electron chi connectivity index (χ0n) is 14.1. The topological polar surface area (TPSA) is 76.4 Å². The van der Waals surface area contributed by atoms with E-state index in [4.69, 9.17) is 21.8 Å². The maximum atomic E-state index is 6.27. The summed E-state index contributed by atoms with van der Waals surface area (Å²) in [6.07, 6.45) is 4.33. The van der Waals surface area contributed by atoms with E-state index in [0.29, 0.717) is 22.1 Å². The van der Waals surface area contributed by atoms with E-state index in [1.165, 1.54) is 6.26 Å². The lowest BCUT2D eigenvalue weighted by molar-refractivity contribution is 0.580. The lowest BCUT2D eigenvalue weighted by Crippen LogP contribution is -2.02. The number of oxazole rings is 1. The number of hydrogen-bond donors (Lipinski definition) is 2. The molecule has 2 rings (SSSR count). The Labute approximate surface area is 146 Å². The summed E-state index contributed by atoms with van der Waals surface area (Å²) in [7, 11) is 0. The Bertz CT molecular complexity index is 805. The van der Waals surface area contributed by atoms with E-state index in [1.54, 1.807) is 0 Å². The Balaban J connectivity index is 2.27. The van der Waals surface area contributed by atoms with Gasteiger partial charge in [-0.3, -0.25) is 4.99 Å². The quantitative estimate of drug-likeness (QED) is 0.713. The van der Waals surface area contributed by atoms with Crippen LogP contribution in [-0.2, 0) is 0 Å². The van der Waals surface area contributed by atoms with Crippen molar-refractivity contribution < 1.29 is 4.42 Å². The van der Waals surface area contributed by atoms with Gasteiger partial charge in [0.15, 0.2) is 0 Å². The average Bonchev–Trinajstić information content (AvgIpc) is 3.01. The number of aliphatic imine (C=N–C) groups is 1. The first-order valence-corrected chi connectivity index (χ1v) is 8.00. The first-order valence-electron chi connectivity index (χ1n) is 7.62. The van der Waals surface area contributed by atoms with Crippen LogP contribution in [0.3, 0.4) is 0 Å². The third-order valence-corrected chi connectivity index (χ3v) is 3.84. The number of nitrogen functional groups attached to an aromatic ring is 1. The largest absolute Gasteiger partial charge is 0.432 e. The number of allylic oxidation sites excluding steroid dienone is 2. The van der Waals surface area contributed by atoms with Crippen molar-refractivity contribution in [1.82, 2.24) is 4.98 Å². The van der Waals surface area contributed by atoms with E-state index in [2.05, 4.69) is 28.8 Å². The Morgan fingerprint density at radius 2 is 2.25 bits per heavy atom. The van der Waals surface area contributed by atoms with Crippen LogP contribution in [-0.4, -0.2) is 10.7 Å². The highest BCUT2D eigenvalue weighted by Gasteiger charge is 2.09. The van der Waals surface area contributed by atoms with Crippen molar-refractivity contribution in [2.45, 2.75) is 27.2 Å². The highest BCUT2D eigenvalue weighted by Crippen LogP contribution is 2.27. The number of halogens is 1. The van der Waals surface area contributed by atoms with Gasteiger partial charge in [0.25, 0.3) is 6.01 Å². The van der Waals surface area contributed by atoms with Crippen LogP contribution in [0.25, 0.3) is 5.70 Å². The van der Waals surface area contributed by atoms with Gasteiger partial charge in [-0.2, -0.15) is 4.98 Å². The summed E-state index contributed by atoms with van der Waals surface area (Å²) in [6, 6.07) is 5.78. The lowest BCUT2D eigenvalue weighted by Gasteiger charge is -2.11. The van der Waals surface area contributed by atoms with E-state index in [9.17, 15) is 0 Å². The van der Waals surface area contributed by atoms with Crippen LogP contribution in [0.15, 0.2) is 52.2 Å². The Morgan fingerprint density at radius 1 is 1.50 bits per heavy atom. The molecule has 6 heteroatoms. The zero-order valence-corrected chi connectivity index (χ0v) is 14.8. The van der Waals surface area contributed by atoms with Crippen LogP contribution in [0.4, 0.5) is 11.7 Å². The van der Waals surface area contributed by atoms with Crippen molar-refractivity contribution in [3.8, 4) is 0 Å². The van der Waals surface area contributed by atoms with Crippen LogP contribution in [0.2, 0.25) is 5.02 Å². The molecule has 0 aliphatic rings. The third-order valence-electron chi connectivity index (χ3n) is 3.51. The minimum atomic E-state index is 0.0919. The van der Waals surface area contributed by atoms with Gasteiger partial charge in [-0.1, -0.05) is 37.2 Å². The van der Waals surface area contributed by atoms with E-state index < -0.39 is 0 Å². The molecule has 0 fully saturated rings. The van der Waals surface area contributed by atoms with Gasteiger partial charge in [0.1, 0.15) is 12.0 Å². The summed E-state index contributed by atoms with van der Waals surface area (Å²) in [6.45, 7) is 9.97. The number of nitrogens with zero attached hydrogens (tertiary/aromatic N) is 2. The predicted octanol–water partition coefficient (Wildman–Crippen LogP) is 5.12. The van der Waals surface area contributed by atoms with Gasteiger partial charge >= 0.3 is 0 Å². The van der Waals surface area contributed by atoms with Gasteiger partial charge < -0.3 is 15.5 Å². The van der Waals surface area contributed by atoms with Crippen molar-refractivity contribution in [3.05, 3.63) is 59.1 Å². The first-order chi connectivity index (χ1) is 11.4. The molecule has 0 aliphatic carbocycles. The molecule has 5 nitrogen and oxygen atoms in total. The summed E-state index contributed by atoms with van der Waals surface area (Å²) in [5.74, 6) is 0. The van der Waals surface area contributed by atoms with Crippen molar-refractivity contribution in [2.75, 3.05) is 11.1 Å². The van der Waals surface area contributed by atoms with Crippen molar-refractivity contribution in [1.29, 1.82) is 0 Å². The second-order valence-electron chi connectivity index (χ2n) is 5.20. The molecule has 0 spiro atoms. The van der Waals surface area contributed by atoms with Crippen LogP contribution in [0.5, 0.6) is 0 Å². The summed E-state index contributed by atoms with van der Waals surface area (Å²) in [4.78, 5) is 8.67. The highest BCUT2D eigenvalue weighted by atomic mass is 35.5. The fraction of sp³-hybridized carbons (Fsp3) is 0.222. The van der Waals surface area contributed by atoms with Gasteiger partial charge in [0.05, 0.1) is 16.4 Å².